The van der Waals surface area contributed by atoms with Gasteiger partial charge in [0.05, 0.1) is 0 Å². The number of pyridine rings is 1. The van der Waals surface area contributed by atoms with Crippen LogP contribution in [0.2, 0.25) is 0 Å². The lowest BCUT2D eigenvalue weighted by Gasteiger charge is -2.14. The first kappa shape index (κ1) is 13.9. The van der Waals surface area contributed by atoms with Crippen molar-refractivity contribution >= 4 is 27.6 Å². The minimum atomic E-state index is -3.64. The van der Waals surface area contributed by atoms with Gasteiger partial charge in [-0.1, -0.05) is 0 Å². The van der Waals surface area contributed by atoms with Gasteiger partial charge in [-0.25, -0.2) is 18.2 Å². The summed E-state index contributed by atoms with van der Waals surface area (Å²) in [5.41, 5.74) is 10.0. The van der Waals surface area contributed by atoms with Crippen LogP contribution in [-0.2, 0) is 9.84 Å². The van der Waals surface area contributed by atoms with E-state index in [9.17, 15) is 18.0 Å². The second-order valence-corrected chi connectivity index (χ2v) is 5.55. The molecule has 0 atom stereocenters. The molecule has 0 saturated heterocycles. The maximum absolute atomic E-state index is 11.4. The standard InChI is InChI=1S/C9H12N4O4S/c1-13(9(11)15)6-3-5(8(10)14)4-7(12-6)18(2,16)17/h3-4H,1-2H3,(H2,10,14)(H2,11,15). The van der Waals surface area contributed by atoms with Crippen molar-refractivity contribution in [1.29, 1.82) is 0 Å². The second-order valence-electron chi connectivity index (χ2n) is 3.59. The molecule has 0 spiro atoms. The Morgan fingerprint density at radius 1 is 1.28 bits per heavy atom. The summed E-state index contributed by atoms with van der Waals surface area (Å²) in [6.07, 6.45) is 0.925. The summed E-state index contributed by atoms with van der Waals surface area (Å²) in [7, 11) is -2.35. The lowest BCUT2D eigenvalue weighted by Crippen LogP contribution is -2.33. The van der Waals surface area contributed by atoms with Crippen molar-refractivity contribution in [2.75, 3.05) is 18.2 Å². The van der Waals surface area contributed by atoms with Gasteiger partial charge in [-0.3, -0.25) is 9.69 Å². The molecule has 0 aromatic carbocycles. The summed E-state index contributed by atoms with van der Waals surface area (Å²) in [4.78, 5) is 26.7. The molecule has 0 bridgehead atoms. The molecule has 1 heterocycles. The van der Waals surface area contributed by atoms with Gasteiger partial charge in [-0.2, -0.15) is 0 Å². The van der Waals surface area contributed by atoms with Crippen molar-refractivity contribution in [3.63, 3.8) is 0 Å². The number of hydrogen-bond donors (Lipinski definition) is 2. The number of primary amides is 2. The minimum Gasteiger partial charge on any atom is -0.366 e. The number of hydrogen-bond acceptors (Lipinski definition) is 5. The first-order valence-electron chi connectivity index (χ1n) is 4.68. The van der Waals surface area contributed by atoms with Gasteiger partial charge in [-0.15, -0.1) is 0 Å². The van der Waals surface area contributed by atoms with E-state index in [0.29, 0.717) is 0 Å². The Balaban J connectivity index is 3.50. The molecule has 3 amide bonds. The largest absolute Gasteiger partial charge is 0.366 e. The Hall–Kier alpha value is -2.16. The van der Waals surface area contributed by atoms with E-state index in [2.05, 4.69) is 4.98 Å². The zero-order valence-electron chi connectivity index (χ0n) is 9.75. The second kappa shape index (κ2) is 4.61. The fourth-order valence-corrected chi connectivity index (χ4v) is 1.71. The highest BCUT2D eigenvalue weighted by molar-refractivity contribution is 7.90. The van der Waals surface area contributed by atoms with Gasteiger partial charge in [0, 0.05) is 18.9 Å². The fourth-order valence-electron chi connectivity index (χ4n) is 1.11. The van der Waals surface area contributed by atoms with Gasteiger partial charge in [0.2, 0.25) is 5.91 Å². The number of nitrogens with two attached hydrogens (primary N) is 2. The predicted octanol–water partition coefficient (Wildman–Crippen LogP) is -0.901. The summed E-state index contributed by atoms with van der Waals surface area (Å²) >= 11 is 0. The molecule has 0 saturated carbocycles. The van der Waals surface area contributed by atoms with Crippen LogP contribution in [0.3, 0.4) is 0 Å². The highest BCUT2D eigenvalue weighted by Gasteiger charge is 2.17. The SMILES string of the molecule is CN(C(N)=O)c1cc(C(N)=O)cc(S(C)(=O)=O)n1. The average molecular weight is 272 g/mol. The van der Waals surface area contributed by atoms with Crippen LogP contribution in [0.1, 0.15) is 10.4 Å². The van der Waals surface area contributed by atoms with Crippen LogP contribution in [0.15, 0.2) is 17.2 Å². The number of urea groups is 1. The first-order chi connectivity index (χ1) is 8.12. The molecule has 4 N–H and O–H groups in total. The van der Waals surface area contributed by atoms with E-state index in [1.807, 2.05) is 0 Å². The molecule has 1 aromatic rings. The van der Waals surface area contributed by atoms with E-state index in [4.69, 9.17) is 11.5 Å². The van der Waals surface area contributed by atoms with Gasteiger partial charge >= 0.3 is 6.03 Å². The quantitative estimate of drug-likeness (QED) is 0.734. The number of nitrogens with zero attached hydrogens (tertiary/aromatic N) is 2. The molecule has 98 valence electrons. The number of carbonyl (C=O) groups excluding carboxylic acids is 2. The monoisotopic (exact) mass is 272 g/mol. The van der Waals surface area contributed by atoms with Crippen LogP contribution in [-0.4, -0.2) is 38.6 Å². The van der Waals surface area contributed by atoms with Crippen LogP contribution in [0.4, 0.5) is 10.6 Å². The highest BCUT2D eigenvalue weighted by Crippen LogP contribution is 2.17. The Bertz CT molecular complexity index is 611. The molecule has 0 aliphatic carbocycles. The third kappa shape index (κ3) is 2.94. The van der Waals surface area contributed by atoms with Crippen LogP contribution in [0, 0.1) is 0 Å². The maximum Gasteiger partial charge on any atom is 0.320 e. The summed E-state index contributed by atoms with van der Waals surface area (Å²) in [5, 5.41) is -0.359. The fraction of sp³-hybridized carbons (Fsp3) is 0.222. The topological polar surface area (TPSA) is 136 Å². The minimum absolute atomic E-state index is 0.0702. The molecular weight excluding hydrogens is 260 g/mol. The van der Waals surface area contributed by atoms with Gasteiger partial charge < -0.3 is 11.5 Å². The lowest BCUT2D eigenvalue weighted by atomic mass is 10.2. The van der Waals surface area contributed by atoms with E-state index in [1.165, 1.54) is 13.1 Å². The molecule has 1 aromatic heterocycles. The van der Waals surface area contributed by atoms with Crippen LogP contribution in [0.25, 0.3) is 0 Å². The Kier molecular flexibility index (Phi) is 3.56. The van der Waals surface area contributed by atoms with Crippen LogP contribution >= 0.6 is 0 Å². The zero-order valence-corrected chi connectivity index (χ0v) is 10.6. The Labute approximate surface area is 103 Å². The maximum atomic E-state index is 11.4. The number of anilines is 1. The van der Waals surface area contributed by atoms with Crippen molar-refractivity contribution in [1.82, 2.24) is 4.98 Å². The van der Waals surface area contributed by atoms with Crippen molar-refractivity contribution < 1.29 is 18.0 Å². The summed E-state index contributed by atoms with van der Waals surface area (Å²) < 4.78 is 22.8. The van der Waals surface area contributed by atoms with Gasteiger partial charge in [-0.05, 0) is 12.1 Å². The molecule has 0 radical (unpaired) electrons. The smallest absolute Gasteiger partial charge is 0.320 e. The van der Waals surface area contributed by atoms with E-state index < -0.39 is 21.8 Å². The number of sulfone groups is 1. The lowest BCUT2D eigenvalue weighted by molar-refractivity contribution is 0.1000. The summed E-state index contributed by atoms with van der Waals surface area (Å²) in [6, 6.07) is 1.38. The number of amides is 3. The molecule has 0 aliphatic heterocycles. The van der Waals surface area contributed by atoms with Crippen LogP contribution in [0.5, 0.6) is 0 Å². The molecule has 1 rings (SSSR count). The molecule has 18 heavy (non-hydrogen) atoms. The molecular formula is C9H12N4O4S. The molecule has 0 aliphatic rings. The summed E-state index contributed by atoms with van der Waals surface area (Å²) in [5.74, 6) is -0.902. The third-order valence-electron chi connectivity index (χ3n) is 2.13. The normalized spacial score (nSPS) is 11.0. The molecule has 8 nitrogen and oxygen atoms in total. The van der Waals surface area contributed by atoms with Gasteiger partial charge in [0.1, 0.15) is 5.82 Å². The van der Waals surface area contributed by atoms with Crippen molar-refractivity contribution in [3.05, 3.63) is 17.7 Å². The van der Waals surface area contributed by atoms with Gasteiger partial charge in [0.25, 0.3) is 0 Å². The average Bonchev–Trinajstić information content (AvgIpc) is 2.26. The summed E-state index contributed by atoms with van der Waals surface area (Å²) in [6.45, 7) is 0. The molecule has 0 fully saturated rings. The van der Waals surface area contributed by atoms with Crippen molar-refractivity contribution in [2.24, 2.45) is 11.5 Å². The Morgan fingerprint density at radius 3 is 2.22 bits per heavy atom. The van der Waals surface area contributed by atoms with E-state index in [1.54, 1.807) is 0 Å². The zero-order chi connectivity index (χ0) is 14.1. The Morgan fingerprint density at radius 2 is 1.83 bits per heavy atom. The van der Waals surface area contributed by atoms with Gasteiger partial charge in [0.15, 0.2) is 14.9 Å². The number of aromatic nitrogens is 1. The highest BCUT2D eigenvalue weighted by atomic mass is 32.2. The predicted molar refractivity (Wildman–Crippen MR) is 63.9 cm³/mol. The number of carbonyl (C=O) groups is 2. The third-order valence-corrected chi connectivity index (χ3v) is 3.10. The first-order valence-corrected chi connectivity index (χ1v) is 6.57. The number of rotatable bonds is 3. The van der Waals surface area contributed by atoms with Crippen molar-refractivity contribution in [3.8, 4) is 0 Å². The van der Waals surface area contributed by atoms with E-state index in [0.717, 1.165) is 17.2 Å². The van der Waals surface area contributed by atoms with Crippen LogP contribution < -0.4 is 16.4 Å². The van der Waals surface area contributed by atoms with E-state index >= 15 is 0 Å². The molecule has 9 heteroatoms. The van der Waals surface area contributed by atoms with Crippen molar-refractivity contribution in [2.45, 2.75) is 5.03 Å². The van der Waals surface area contributed by atoms with E-state index in [-0.39, 0.29) is 16.4 Å². The molecule has 0 unspecified atom stereocenters.